The molecule has 1 N–H and O–H groups in total. The lowest BCUT2D eigenvalue weighted by molar-refractivity contribution is 1.03. The molecule has 0 aliphatic carbocycles. The molecular weight excluding hydrogens is 212 g/mol. The highest BCUT2D eigenvalue weighted by Gasteiger charge is 2.06. The number of aromatic nitrogens is 4. The molecule has 0 unspecified atom stereocenters. The Kier molecular flexibility index (Phi) is 2.33. The molecule has 0 radical (unpaired) electrons. The van der Waals surface area contributed by atoms with Crippen LogP contribution < -0.4 is 0 Å². The molecule has 0 saturated carbocycles. The van der Waals surface area contributed by atoms with Crippen molar-refractivity contribution in [3.63, 3.8) is 0 Å². The van der Waals surface area contributed by atoms with E-state index in [9.17, 15) is 0 Å². The maximum Gasteiger partial charge on any atom is 0.177 e. The fraction of sp³-hybridized carbons (Fsp3) is 0.154. The maximum atomic E-state index is 4.48. The van der Waals surface area contributed by atoms with Gasteiger partial charge in [0.15, 0.2) is 5.65 Å². The summed E-state index contributed by atoms with van der Waals surface area (Å²) in [4.78, 5) is 16.1. The van der Waals surface area contributed by atoms with Gasteiger partial charge in [0.1, 0.15) is 5.82 Å². The van der Waals surface area contributed by atoms with Crippen LogP contribution in [0, 0.1) is 6.92 Å². The number of aromatic amines is 1. The highest BCUT2D eigenvalue weighted by Crippen LogP contribution is 2.14. The number of H-pyrrole nitrogens is 1. The van der Waals surface area contributed by atoms with Crippen LogP contribution in [0.15, 0.2) is 36.8 Å². The second-order valence-electron chi connectivity index (χ2n) is 4.04. The molecule has 0 fully saturated rings. The molecule has 3 aromatic rings. The highest BCUT2D eigenvalue weighted by atomic mass is 15.0. The van der Waals surface area contributed by atoms with Gasteiger partial charge in [-0.15, -0.1) is 0 Å². The zero-order chi connectivity index (χ0) is 11.7. The maximum absolute atomic E-state index is 4.48. The number of aryl methyl sites for hydroxylation is 1. The lowest BCUT2D eigenvalue weighted by Gasteiger charge is -1.95. The molecule has 0 atom stereocenters. The van der Waals surface area contributed by atoms with Gasteiger partial charge in [0.2, 0.25) is 0 Å². The molecule has 84 valence electrons. The molecular formula is C13H12N4. The van der Waals surface area contributed by atoms with E-state index < -0.39 is 0 Å². The van der Waals surface area contributed by atoms with Crippen LogP contribution in [0.3, 0.4) is 0 Å². The summed E-state index contributed by atoms with van der Waals surface area (Å²) in [6, 6.07) is 5.97. The number of fused-ring (bicyclic) bond motifs is 1. The average Bonchev–Trinajstić information content (AvgIpc) is 2.74. The fourth-order valence-corrected chi connectivity index (χ4v) is 1.86. The zero-order valence-corrected chi connectivity index (χ0v) is 9.51. The van der Waals surface area contributed by atoms with Crippen molar-refractivity contribution in [3.05, 3.63) is 53.7 Å². The number of hydrogen-bond donors (Lipinski definition) is 1. The summed E-state index contributed by atoms with van der Waals surface area (Å²) >= 11 is 0. The van der Waals surface area contributed by atoms with Crippen LogP contribution in [0.5, 0.6) is 0 Å². The van der Waals surface area contributed by atoms with Crippen molar-refractivity contribution in [2.75, 3.05) is 0 Å². The third-order valence-electron chi connectivity index (χ3n) is 2.77. The summed E-state index contributed by atoms with van der Waals surface area (Å²) in [5.41, 5.74) is 4.17. The number of rotatable bonds is 2. The van der Waals surface area contributed by atoms with E-state index in [1.165, 1.54) is 11.1 Å². The molecule has 4 heteroatoms. The van der Waals surface area contributed by atoms with E-state index in [0.29, 0.717) is 0 Å². The van der Waals surface area contributed by atoms with Crippen molar-refractivity contribution in [3.8, 4) is 0 Å². The van der Waals surface area contributed by atoms with Crippen molar-refractivity contribution in [2.24, 2.45) is 0 Å². The second-order valence-corrected chi connectivity index (χ2v) is 4.04. The zero-order valence-electron chi connectivity index (χ0n) is 9.51. The van der Waals surface area contributed by atoms with Gasteiger partial charge in [-0.1, -0.05) is 0 Å². The Hall–Kier alpha value is -2.23. The van der Waals surface area contributed by atoms with E-state index in [2.05, 4.69) is 26.9 Å². The molecule has 3 rings (SSSR count). The third kappa shape index (κ3) is 1.89. The molecule has 0 amide bonds. The van der Waals surface area contributed by atoms with Crippen LogP contribution in [0.2, 0.25) is 0 Å². The van der Waals surface area contributed by atoms with Crippen molar-refractivity contribution >= 4 is 11.2 Å². The van der Waals surface area contributed by atoms with E-state index in [-0.39, 0.29) is 0 Å². The van der Waals surface area contributed by atoms with Gasteiger partial charge in [-0.2, -0.15) is 0 Å². The van der Waals surface area contributed by atoms with Crippen LogP contribution in [0.25, 0.3) is 11.2 Å². The van der Waals surface area contributed by atoms with E-state index in [0.717, 1.165) is 23.4 Å². The van der Waals surface area contributed by atoms with Gasteiger partial charge in [-0.25, -0.2) is 9.97 Å². The minimum Gasteiger partial charge on any atom is -0.340 e. The fourth-order valence-electron chi connectivity index (χ4n) is 1.86. The minimum absolute atomic E-state index is 0.776. The van der Waals surface area contributed by atoms with Crippen molar-refractivity contribution in [1.29, 1.82) is 0 Å². The Morgan fingerprint density at radius 2 is 1.94 bits per heavy atom. The molecule has 3 heterocycles. The van der Waals surface area contributed by atoms with Crippen molar-refractivity contribution < 1.29 is 0 Å². The van der Waals surface area contributed by atoms with E-state index >= 15 is 0 Å². The molecule has 0 bridgehead atoms. The molecule has 0 aliphatic rings. The summed E-state index contributed by atoms with van der Waals surface area (Å²) in [5.74, 6) is 0.938. The van der Waals surface area contributed by atoms with Gasteiger partial charge in [0, 0.05) is 25.0 Å². The van der Waals surface area contributed by atoms with Crippen LogP contribution in [0.1, 0.15) is 17.0 Å². The van der Waals surface area contributed by atoms with Crippen molar-refractivity contribution in [2.45, 2.75) is 13.3 Å². The van der Waals surface area contributed by atoms with Gasteiger partial charge in [0.05, 0.1) is 5.52 Å². The molecule has 0 saturated heterocycles. The Morgan fingerprint density at radius 3 is 2.71 bits per heavy atom. The predicted molar refractivity (Wildman–Crippen MR) is 65.7 cm³/mol. The standard InChI is InChI=1S/C13H12N4/c1-9-2-7-15-13-12(9)16-11(17-13)8-10-3-5-14-6-4-10/h2-7H,8H2,1H3,(H,15,16,17). The average molecular weight is 224 g/mol. The first-order valence-electron chi connectivity index (χ1n) is 5.52. The van der Waals surface area contributed by atoms with E-state index in [1.807, 2.05) is 18.2 Å². The molecule has 4 nitrogen and oxygen atoms in total. The van der Waals surface area contributed by atoms with Crippen molar-refractivity contribution in [1.82, 2.24) is 19.9 Å². The smallest absolute Gasteiger partial charge is 0.177 e. The summed E-state index contributed by atoms with van der Waals surface area (Å²) < 4.78 is 0. The molecule has 0 spiro atoms. The van der Waals surface area contributed by atoms with Crippen LogP contribution in [0.4, 0.5) is 0 Å². The predicted octanol–water partition coefficient (Wildman–Crippen LogP) is 2.25. The largest absolute Gasteiger partial charge is 0.340 e. The quantitative estimate of drug-likeness (QED) is 0.726. The molecule has 17 heavy (non-hydrogen) atoms. The van der Waals surface area contributed by atoms with E-state index in [4.69, 9.17) is 0 Å². The number of nitrogens with one attached hydrogen (secondary N) is 1. The van der Waals surface area contributed by atoms with Gasteiger partial charge >= 0.3 is 0 Å². The van der Waals surface area contributed by atoms with Gasteiger partial charge in [-0.3, -0.25) is 4.98 Å². The first kappa shape index (κ1) is 9.96. The Labute approximate surface area is 98.8 Å². The van der Waals surface area contributed by atoms with Gasteiger partial charge < -0.3 is 4.98 Å². The number of imidazole rings is 1. The Morgan fingerprint density at radius 1 is 1.12 bits per heavy atom. The third-order valence-corrected chi connectivity index (χ3v) is 2.77. The summed E-state index contributed by atoms with van der Waals surface area (Å²) in [7, 11) is 0. The topological polar surface area (TPSA) is 54.5 Å². The summed E-state index contributed by atoms with van der Waals surface area (Å²) in [6.45, 7) is 2.05. The lowest BCUT2D eigenvalue weighted by atomic mass is 10.2. The lowest BCUT2D eigenvalue weighted by Crippen LogP contribution is -1.90. The second kappa shape index (κ2) is 3.97. The van der Waals surface area contributed by atoms with Gasteiger partial charge in [0.25, 0.3) is 0 Å². The van der Waals surface area contributed by atoms with Crippen LogP contribution in [-0.4, -0.2) is 19.9 Å². The normalized spacial score (nSPS) is 10.9. The first-order chi connectivity index (χ1) is 8.33. The SMILES string of the molecule is Cc1ccnc2nc(Cc3ccncc3)[nH]c12. The Bertz CT molecular complexity index is 643. The molecule has 0 aliphatic heterocycles. The van der Waals surface area contributed by atoms with Gasteiger partial charge in [-0.05, 0) is 36.2 Å². The first-order valence-corrected chi connectivity index (χ1v) is 5.52. The molecule has 3 aromatic heterocycles. The van der Waals surface area contributed by atoms with Crippen LogP contribution >= 0.6 is 0 Å². The molecule has 0 aromatic carbocycles. The highest BCUT2D eigenvalue weighted by molar-refractivity contribution is 5.74. The Balaban J connectivity index is 1.99. The van der Waals surface area contributed by atoms with Crippen LogP contribution in [-0.2, 0) is 6.42 Å². The number of nitrogens with zero attached hydrogens (tertiary/aromatic N) is 3. The summed E-state index contributed by atoms with van der Waals surface area (Å²) in [6.07, 6.45) is 6.15. The number of hydrogen-bond acceptors (Lipinski definition) is 3. The van der Waals surface area contributed by atoms with E-state index in [1.54, 1.807) is 18.6 Å². The number of pyridine rings is 2. The minimum atomic E-state index is 0.776. The monoisotopic (exact) mass is 224 g/mol. The summed E-state index contributed by atoms with van der Waals surface area (Å²) in [5, 5.41) is 0.